The molecule has 4 rings (SSSR count). The highest BCUT2D eigenvalue weighted by atomic mass is 32.1. The van der Waals surface area contributed by atoms with Crippen LogP contribution in [-0.2, 0) is 4.74 Å². The fourth-order valence-corrected chi connectivity index (χ4v) is 3.78. The van der Waals surface area contributed by atoms with Gasteiger partial charge in [0.2, 0.25) is 11.8 Å². The molecule has 0 spiro atoms. The van der Waals surface area contributed by atoms with Gasteiger partial charge < -0.3 is 9.15 Å². The first kappa shape index (κ1) is 11.6. The molecule has 3 atom stereocenters. The van der Waals surface area contributed by atoms with E-state index in [2.05, 4.69) is 29.3 Å². The molecule has 5 heteroatoms. The molecular weight excluding hydrogens is 260 g/mol. The Balaban J connectivity index is 1.49. The van der Waals surface area contributed by atoms with E-state index in [1.165, 1.54) is 9.75 Å². The number of thiophene rings is 1. The molecule has 100 valence electrons. The van der Waals surface area contributed by atoms with Crippen LogP contribution in [-0.4, -0.2) is 23.4 Å². The predicted molar refractivity (Wildman–Crippen MR) is 71.6 cm³/mol. The van der Waals surface area contributed by atoms with Gasteiger partial charge in [0, 0.05) is 28.2 Å². The maximum absolute atomic E-state index is 5.85. The van der Waals surface area contributed by atoms with Gasteiger partial charge in [0.15, 0.2) is 0 Å². The van der Waals surface area contributed by atoms with Crippen LogP contribution in [0, 0.1) is 6.92 Å². The zero-order valence-corrected chi connectivity index (χ0v) is 11.7. The lowest BCUT2D eigenvalue weighted by Gasteiger charge is -1.98. The second kappa shape index (κ2) is 4.42. The van der Waals surface area contributed by atoms with E-state index in [4.69, 9.17) is 9.15 Å². The fraction of sp³-hybridized carbons (Fsp3) is 0.571. The first-order chi connectivity index (χ1) is 9.31. The number of hydrogen-bond donors (Lipinski definition) is 0. The highest BCUT2D eigenvalue weighted by molar-refractivity contribution is 7.12. The minimum absolute atomic E-state index is 0.308. The molecule has 0 bridgehead atoms. The molecule has 0 N–H and O–H groups in total. The van der Waals surface area contributed by atoms with E-state index in [9.17, 15) is 0 Å². The Morgan fingerprint density at radius 3 is 2.84 bits per heavy atom. The molecule has 3 unspecified atom stereocenters. The van der Waals surface area contributed by atoms with Crippen LogP contribution in [0.1, 0.15) is 52.1 Å². The summed E-state index contributed by atoms with van der Waals surface area (Å²) in [6, 6.07) is 4.41. The molecule has 2 aliphatic rings. The van der Waals surface area contributed by atoms with Crippen molar-refractivity contribution in [2.75, 3.05) is 13.2 Å². The Morgan fingerprint density at radius 1 is 1.21 bits per heavy atom. The molecule has 4 nitrogen and oxygen atoms in total. The second-order valence-electron chi connectivity index (χ2n) is 5.44. The smallest absolute Gasteiger partial charge is 0.222 e. The van der Waals surface area contributed by atoms with Crippen LogP contribution in [0.5, 0.6) is 0 Å². The van der Waals surface area contributed by atoms with Gasteiger partial charge in [-0.1, -0.05) is 0 Å². The molecule has 2 aromatic heterocycles. The van der Waals surface area contributed by atoms with E-state index in [-0.39, 0.29) is 0 Å². The van der Waals surface area contributed by atoms with Crippen molar-refractivity contribution in [3.8, 4) is 0 Å². The van der Waals surface area contributed by atoms with Gasteiger partial charge in [-0.25, -0.2) is 0 Å². The minimum atomic E-state index is 0.308. The van der Waals surface area contributed by atoms with Gasteiger partial charge in [0.1, 0.15) is 0 Å². The van der Waals surface area contributed by atoms with Crippen molar-refractivity contribution < 1.29 is 9.15 Å². The van der Waals surface area contributed by atoms with E-state index in [1.54, 1.807) is 0 Å². The standard InChI is InChI=1S/C14H16N2O2S/c1-8-2-3-12(19-8)10-6-11(10)14-16-15-13(18-14)9-4-5-17-7-9/h2-3,9-11H,4-7H2,1H3. The third-order valence-corrected chi connectivity index (χ3v) is 5.10. The van der Waals surface area contributed by atoms with Gasteiger partial charge in [-0.05, 0) is 31.9 Å². The zero-order valence-electron chi connectivity index (χ0n) is 10.8. The Bertz CT molecular complexity index is 586. The Hall–Kier alpha value is -1.20. The molecular formula is C14H16N2O2S. The van der Waals surface area contributed by atoms with Crippen molar-refractivity contribution >= 4 is 11.3 Å². The number of aromatic nitrogens is 2. The van der Waals surface area contributed by atoms with E-state index >= 15 is 0 Å². The lowest BCUT2D eigenvalue weighted by Crippen LogP contribution is -1.97. The van der Waals surface area contributed by atoms with Crippen LogP contribution in [0.25, 0.3) is 0 Å². The van der Waals surface area contributed by atoms with Gasteiger partial charge in [-0.2, -0.15) is 0 Å². The van der Waals surface area contributed by atoms with Crippen molar-refractivity contribution in [2.24, 2.45) is 0 Å². The van der Waals surface area contributed by atoms with E-state index in [1.807, 2.05) is 11.3 Å². The third-order valence-electron chi connectivity index (χ3n) is 3.97. The summed E-state index contributed by atoms with van der Waals surface area (Å²) in [5, 5.41) is 8.44. The molecule has 1 saturated carbocycles. The molecule has 1 saturated heterocycles. The van der Waals surface area contributed by atoms with E-state index in [0.29, 0.717) is 17.8 Å². The fourth-order valence-electron chi connectivity index (χ4n) is 2.73. The lowest BCUT2D eigenvalue weighted by molar-refractivity contribution is 0.190. The average Bonchev–Trinajstić information content (AvgIpc) is 2.86. The van der Waals surface area contributed by atoms with Crippen LogP contribution >= 0.6 is 11.3 Å². The third kappa shape index (κ3) is 2.11. The summed E-state index contributed by atoms with van der Waals surface area (Å²) in [6.07, 6.45) is 2.14. The summed E-state index contributed by atoms with van der Waals surface area (Å²) < 4.78 is 11.2. The number of nitrogens with zero attached hydrogens (tertiary/aromatic N) is 2. The number of ether oxygens (including phenoxy) is 1. The number of rotatable bonds is 3. The molecule has 2 aromatic rings. The number of hydrogen-bond acceptors (Lipinski definition) is 5. The van der Waals surface area contributed by atoms with Crippen molar-refractivity contribution in [3.05, 3.63) is 33.7 Å². The highest BCUT2D eigenvalue weighted by Gasteiger charge is 2.44. The molecule has 3 heterocycles. The summed E-state index contributed by atoms with van der Waals surface area (Å²) in [6.45, 7) is 3.68. The van der Waals surface area contributed by atoms with Crippen LogP contribution in [0.2, 0.25) is 0 Å². The van der Waals surface area contributed by atoms with Gasteiger partial charge in [-0.15, -0.1) is 21.5 Å². The summed E-state index contributed by atoms with van der Waals surface area (Å²) in [5.41, 5.74) is 0. The normalized spacial score (nSPS) is 29.8. The zero-order chi connectivity index (χ0) is 12.8. The Morgan fingerprint density at radius 2 is 2.11 bits per heavy atom. The van der Waals surface area contributed by atoms with Crippen molar-refractivity contribution in [1.82, 2.24) is 10.2 Å². The molecule has 2 fully saturated rings. The van der Waals surface area contributed by atoms with Crippen molar-refractivity contribution in [1.29, 1.82) is 0 Å². The van der Waals surface area contributed by atoms with Crippen LogP contribution in [0.15, 0.2) is 16.5 Å². The first-order valence-corrected chi connectivity index (χ1v) is 7.60. The van der Waals surface area contributed by atoms with Gasteiger partial charge in [-0.3, -0.25) is 0 Å². The maximum Gasteiger partial charge on any atom is 0.222 e. The van der Waals surface area contributed by atoms with Gasteiger partial charge >= 0.3 is 0 Å². The molecule has 19 heavy (non-hydrogen) atoms. The SMILES string of the molecule is Cc1ccc(C2CC2c2nnc(C3CCOC3)o2)s1. The summed E-state index contributed by atoms with van der Waals surface area (Å²) in [7, 11) is 0. The minimum Gasteiger partial charge on any atom is -0.425 e. The quantitative estimate of drug-likeness (QED) is 0.863. The van der Waals surface area contributed by atoms with Crippen LogP contribution in [0.4, 0.5) is 0 Å². The van der Waals surface area contributed by atoms with Crippen molar-refractivity contribution in [3.63, 3.8) is 0 Å². The molecule has 0 radical (unpaired) electrons. The maximum atomic E-state index is 5.85. The van der Waals surface area contributed by atoms with Crippen LogP contribution in [0.3, 0.4) is 0 Å². The largest absolute Gasteiger partial charge is 0.425 e. The van der Waals surface area contributed by atoms with Crippen molar-refractivity contribution in [2.45, 2.75) is 37.5 Å². The number of aryl methyl sites for hydroxylation is 1. The summed E-state index contributed by atoms with van der Waals surface area (Å²) in [5.74, 6) is 2.91. The molecule has 1 aliphatic heterocycles. The summed E-state index contributed by atoms with van der Waals surface area (Å²) in [4.78, 5) is 2.82. The molecule has 0 amide bonds. The Labute approximate surface area is 115 Å². The van der Waals surface area contributed by atoms with Gasteiger partial charge in [0.05, 0.1) is 12.5 Å². The summed E-state index contributed by atoms with van der Waals surface area (Å²) >= 11 is 1.88. The predicted octanol–water partition coefficient (Wildman–Crippen LogP) is 3.21. The molecule has 0 aromatic carbocycles. The van der Waals surface area contributed by atoms with Crippen LogP contribution < -0.4 is 0 Å². The Kier molecular flexibility index (Phi) is 2.70. The second-order valence-corrected chi connectivity index (χ2v) is 6.76. The first-order valence-electron chi connectivity index (χ1n) is 6.78. The van der Waals surface area contributed by atoms with Gasteiger partial charge in [0.25, 0.3) is 0 Å². The average molecular weight is 276 g/mol. The lowest BCUT2D eigenvalue weighted by atomic mass is 10.1. The monoisotopic (exact) mass is 276 g/mol. The van der Waals surface area contributed by atoms with E-state index < -0.39 is 0 Å². The highest BCUT2D eigenvalue weighted by Crippen LogP contribution is 2.55. The molecule has 1 aliphatic carbocycles. The topological polar surface area (TPSA) is 48.2 Å². The van der Waals surface area contributed by atoms with E-state index in [0.717, 1.165) is 37.8 Å².